The van der Waals surface area contributed by atoms with E-state index < -0.39 is 22.5 Å². The largest absolute Gasteiger partial charge is 0.463 e. The van der Waals surface area contributed by atoms with E-state index in [0.717, 1.165) is 10.6 Å². The lowest BCUT2D eigenvalue weighted by Gasteiger charge is -2.21. The van der Waals surface area contributed by atoms with Gasteiger partial charge >= 0.3 is 0 Å². The third kappa shape index (κ3) is 4.98. The molecule has 1 amide bonds. The van der Waals surface area contributed by atoms with Gasteiger partial charge in [-0.3, -0.25) is 9.10 Å². The van der Waals surface area contributed by atoms with Crippen LogP contribution in [0.2, 0.25) is 10.0 Å². The van der Waals surface area contributed by atoms with E-state index in [4.69, 9.17) is 27.6 Å². The molecule has 2 aromatic rings. The summed E-state index contributed by atoms with van der Waals surface area (Å²) in [7, 11) is -3.71. The molecule has 0 aliphatic heterocycles. The van der Waals surface area contributed by atoms with E-state index in [1.165, 1.54) is 30.7 Å². The van der Waals surface area contributed by atoms with Gasteiger partial charge in [0, 0.05) is 0 Å². The van der Waals surface area contributed by atoms with E-state index >= 15 is 0 Å². The number of carbonyl (C=O) groups is 1. The molecule has 0 atom stereocenters. The van der Waals surface area contributed by atoms with Crippen molar-refractivity contribution in [1.29, 1.82) is 0 Å². The number of hydrogen-bond donors (Lipinski definition) is 1. The number of nitrogens with zero attached hydrogens (tertiary/aromatic N) is 2. The number of nitrogens with one attached hydrogen (secondary N) is 1. The predicted octanol–water partition coefficient (Wildman–Crippen LogP) is 2.50. The minimum Gasteiger partial charge on any atom is -0.463 e. The van der Waals surface area contributed by atoms with E-state index in [2.05, 4.69) is 10.5 Å². The molecule has 1 aromatic carbocycles. The van der Waals surface area contributed by atoms with Crippen LogP contribution in [0.15, 0.2) is 46.1 Å². The Balaban J connectivity index is 2.11. The Morgan fingerprint density at radius 2 is 2.08 bits per heavy atom. The highest BCUT2D eigenvalue weighted by atomic mass is 35.5. The first kappa shape index (κ1) is 18.3. The normalized spacial score (nSPS) is 11.6. The molecule has 0 aliphatic carbocycles. The molecule has 10 heteroatoms. The number of halogens is 2. The van der Waals surface area contributed by atoms with Gasteiger partial charge in [0.05, 0.1) is 34.5 Å². The quantitative estimate of drug-likeness (QED) is 0.606. The maximum Gasteiger partial charge on any atom is 0.260 e. The van der Waals surface area contributed by atoms with E-state index in [0.29, 0.717) is 5.76 Å². The van der Waals surface area contributed by atoms with Gasteiger partial charge in [-0.25, -0.2) is 13.8 Å². The summed E-state index contributed by atoms with van der Waals surface area (Å²) in [6.07, 6.45) is 3.73. The van der Waals surface area contributed by atoms with Gasteiger partial charge in [0.15, 0.2) is 0 Å². The van der Waals surface area contributed by atoms with E-state index in [-0.39, 0.29) is 15.7 Å². The SMILES string of the molecule is CS(=O)(=O)N(CC(=O)N/N=C\c1ccco1)c1ccc(Cl)c(Cl)c1. The van der Waals surface area contributed by atoms with E-state index in [1.54, 1.807) is 12.1 Å². The molecule has 2 rings (SSSR count). The monoisotopic (exact) mass is 389 g/mol. The minimum atomic E-state index is -3.71. The Labute approximate surface area is 148 Å². The number of sulfonamides is 1. The summed E-state index contributed by atoms with van der Waals surface area (Å²) in [6.45, 7) is -0.466. The summed E-state index contributed by atoms with van der Waals surface area (Å²) in [6, 6.07) is 7.58. The van der Waals surface area contributed by atoms with Crippen molar-refractivity contribution >= 4 is 51.0 Å². The maximum atomic E-state index is 11.9. The van der Waals surface area contributed by atoms with Crippen LogP contribution in [0.4, 0.5) is 5.69 Å². The van der Waals surface area contributed by atoms with Crippen molar-refractivity contribution in [2.24, 2.45) is 5.10 Å². The summed E-state index contributed by atoms with van der Waals surface area (Å²) in [4.78, 5) is 11.9. The summed E-state index contributed by atoms with van der Waals surface area (Å²) < 4.78 is 29.8. The average Bonchev–Trinajstić information content (AvgIpc) is 3.00. The summed E-state index contributed by atoms with van der Waals surface area (Å²) >= 11 is 11.7. The first-order valence-electron chi connectivity index (χ1n) is 6.55. The molecule has 0 saturated carbocycles. The molecule has 0 saturated heterocycles. The van der Waals surface area contributed by atoms with Gasteiger partial charge in [0.25, 0.3) is 5.91 Å². The molecule has 0 bridgehead atoms. The van der Waals surface area contributed by atoms with Gasteiger partial charge in [-0.1, -0.05) is 23.2 Å². The van der Waals surface area contributed by atoms with Crippen molar-refractivity contribution < 1.29 is 17.6 Å². The average molecular weight is 390 g/mol. The molecule has 0 fully saturated rings. The second kappa shape index (κ2) is 7.69. The molecule has 7 nitrogen and oxygen atoms in total. The van der Waals surface area contributed by atoms with Crippen LogP contribution in [0.25, 0.3) is 0 Å². The second-order valence-electron chi connectivity index (χ2n) is 4.68. The highest BCUT2D eigenvalue weighted by molar-refractivity contribution is 7.92. The number of carbonyl (C=O) groups excluding carboxylic acids is 1. The predicted molar refractivity (Wildman–Crippen MR) is 93.1 cm³/mol. The molecule has 0 unspecified atom stereocenters. The van der Waals surface area contributed by atoms with Crippen molar-refractivity contribution in [2.75, 3.05) is 17.1 Å². The van der Waals surface area contributed by atoms with Gasteiger partial charge in [-0.2, -0.15) is 5.10 Å². The van der Waals surface area contributed by atoms with E-state index in [9.17, 15) is 13.2 Å². The summed E-state index contributed by atoms with van der Waals surface area (Å²) in [5, 5.41) is 4.15. The fourth-order valence-corrected chi connectivity index (χ4v) is 2.88. The van der Waals surface area contributed by atoms with Crippen molar-refractivity contribution in [2.45, 2.75) is 0 Å². The maximum absolute atomic E-state index is 11.9. The lowest BCUT2D eigenvalue weighted by Crippen LogP contribution is -2.39. The van der Waals surface area contributed by atoms with Gasteiger partial charge in [-0.15, -0.1) is 0 Å². The molecule has 0 spiro atoms. The molecule has 0 radical (unpaired) electrons. The van der Waals surface area contributed by atoms with Crippen LogP contribution in [-0.4, -0.2) is 33.3 Å². The number of hydrazone groups is 1. The van der Waals surface area contributed by atoms with Crippen molar-refractivity contribution in [1.82, 2.24) is 5.43 Å². The van der Waals surface area contributed by atoms with Gasteiger partial charge in [0.1, 0.15) is 12.3 Å². The fourth-order valence-electron chi connectivity index (χ4n) is 1.74. The van der Waals surface area contributed by atoms with Gasteiger partial charge in [0.2, 0.25) is 10.0 Å². The van der Waals surface area contributed by atoms with E-state index in [1.807, 2.05) is 0 Å². The van der Waals surface area contributed by atoms with Crippen LogP contribution in [0.3, 0.4) is 0 Å². The molecule has 0 aliphatic rings. The third-order valence-corrected chi connectivity index (χ3v) is 4.68. The minimum absolute atomic E-state index is 0.180. The molecular weight excluding hydrogens is 377 g/mol. The van der Waals surface area contributed by atoms with Gasteiger partial charge in [-0.05, 0) is 30.3 Å². The zero-order valence-electron chi connectivity index (χ0n) is 12.4. The van der Waals surface area contributed by atoms with Crippen LogP contribution in [0.1, 0.15) is 5.76 Å². The highest BCUT2D eigenvalue weighted by Crippen LogP contribution is 2.28. The number of hydrogen-bond acceptors (Lipinski definition) is 5. The Hall–Kier alpha value is -2.03. The number of amides is 1. The topological polar surface area (TPSA) is 92.0 Å². The summed E-state index contributed by atoms with van der Waals surface area (Å²) in [5.41, 5.74) is 2.44. The summed E-state index contributed by atoms with van der Waals surface area (Å²) in [5.74, 6) is -0.186. The molecular formula is C14H13Cl2N3O4S. The molecule has 1 N–H and O–H groups in total. The second-order valence-corrected chi connectivity index (χ2v) is 7.40. The zero-order valence-corrected chi connectivity index (χ0v) is 14.8. The Bertz CT molecular complexity index is 851. The Kier molecular flexibility index (Phi) is 5.87. The number of anilines is 1. The lowest BCUT2D eigenvalue weighted by atomic mass is 10.3. The third-order valence-electron chi connectivity index (χ3n) is 2.80. The number of furan rings is 1. The standard InChI is InChI=1S/C14H13Cl2N3O4S/c1-24(21,22)19(10-4-5-12(15)13(16)7-10)9-14(20)18-17-8-11-3-2-6-23-11/h2-8H,9H2,1H3,(H,18,20)/b17-8-. The molecule has 1 heterocycles. The van der Waals surface area contributed by atoms with Crippen molar-refractivity contribution in [3.63, 3.8) is 0 Å². The molecule has 24 heavy (non-hydrogen) atoms. The van der Waals surface area contributed by atoms with Crippen LogP contribution in [0.5, 0.6) is 0 Å². The molecule has 128 valence electrons. The Morgan fingerprint density at radius 3 is 2.67 bits per heavy atom. The molecule has 1 aromatic heterocycles. The smallest absolute Gasteiger partial charge is 0.260 e. The van der Waals surface area contributed by atoms with Crippen LogP contribution in [0, 0.1) is 0 Å². The van der Waals surface area contributed by atoms with Crippen LogP contribution < -0.4 is 9.73 Å². The number of benzene rings is 1. The van der Waals surface area contributed by atoms with Crippen LogP contribution >= 0.6 is 23.2 Å². The zero-order chi connectivity index (χ0) is 17.7. The van der Waals surface area contributed by atoms with Crippen LogP contribution in [-0.2, 0) is 14.8 Å². The first-order valence-corrected chi connectivity index (χ1v) is 9.16. The highest BCUT2D eigenvalue weighted by Gasteiger charge is 2.21. The lowest BCUT2D eigenvalue weighted by molar-refractivity contribution is -0.119. The van der Waals surface area contributed by atoms with Crippen molar-refractivity contribution in [3.8, 4) is 0 Å². The van der Waals surface area contributed by atoms with Crippen molar-refractivity contribution in [3.05, 3.63) is 52.4 Å². The fraction of sp³-hybridized carbons (Fsp3) is 0.143. The first-order chi connectivity index (χ1) is 11.3. The van der Waals surface area contributed by atoms with Gasteiger partial charge < -0.3 is 4.42 Å². The number of rotatable bonds is 6. The Morgan fingerprint density at radius 1 is 1.33 bits per heavy atom.